The first-order valence-electron chi connectivity index (χ1n) is 5.61. The molecular formula is C14H13FO4. The fourth-order valence-corrected chi connectivity index (χ4v) is 1.66. The SMILES string of the molecule is COCc1ccc(C(=O)c2ccc(F)c(OC)c2)o1. The second-order valence-electron chi connectivity index (χ2n) is 3.88. The fraction of sp³-hybridized carbons (Fsp3) is 0.214. The van der Waals surface area contributed by atoms with Gasteiger partial charge in [-0.25, -0.2) is 4.39 Å². The summed E-state index contributed by atoms with van der Waals surface area (Å²) in [4.78, 5) is 12.1. The predicted molar refractivity (Wildman–Crippen MR) is 65.8 cm³/mol. The molecule has 0 aliphatic rings. The van der Waals surface area contributed by atoms with Gasteiger partial charge in [0.05, 0.1) is 7.11 Å². The third-order valence-electron chi connectivity index (χ3n) is 2.59. The van der Waals surface area contributed by atoms with Crippen LogP contribution in [0.4, 0.5) is 4.39 Å². The number of hydrogen-bond donors (Lipinski definition) is 0. The average Bonchev–Trinajstić information content (AvgIpc) is 2.87. The van der Waals surface area contributed by atoms with Gasteiger partial charge in [0.15, 0.2) is 17.3 Å². The van der Waals surface area contributed by atoms with Crippen molar-refractivity contribution in [3.05, 3.63) is 53.2 Å². The molecule has 0 fully saturated rings. The van der Waals surface area contributed by atoms with E-state index in [-0.39, 0.29) is 17.3 Å². The van der Waals surface area contributed by atoms with E-state index < -0.39 is 5.82 Å². The highest BCUT2D eigenvalue weighted by Crippen LogP contribution is 2.21. The van der Waals surface area contributed by atoms with E-state index in [0.717, 1.165) is 0 Å². The quantitative estimate of drug-likeness (QED) is 0.779. The van der Waals surface area contributed by atoms with Crippen LogP contribution < -0.4 is 4.74 Å². The zero-order chi connectivity index (χ0) is 13.8. The Labute approximate surface area is 109 Å². The van der Waals surface area contributed by atoms with E-state index in [0.29, 0.717) is 17.9 Å². The smallest absolute Gasteiger partial charge is 0.228 e. The number of benzene rings is 1. The molecular weight excluding hydrogens is 251 g/mol. The van der Waals surface area contributed by atoms with Gasteiger partial charge in [0.2, 0.25) is 5.78 Å². The molecule has 0 N–H and O–H groups in total. The highest BCUT2D eigenvalue weighted by molar-refractivity contribution is 6.07. The summed E-state index contributed by atoms with van der Waals surface area (Å²) in [5.41, 5.74) is 0.302. The highest BCUT2D eigenvalue weighted by Gasteiger charge is 2.16. The molecule has 2 rings (SSSR count). The van der Waals surface area contributed by atoms with Gasteiger partial charge in [0.25, 0.3) is 0 Å². The summed E-state index contributed by atoms with van der Waals surface area (Å²) >= 11 is 0. The summed E-state index contributed by atoms with van der Waals surface area (Å²) in [5.74, 6) is -0.0885. The summed E-state index contributed by atoms with van der Waals surface area (Å²) in [6.07, 6.45) is 0. The Morgan fingerprint density at radius 3 is 2.74 bits per heavy atom. The number of carbonyl (C=O) groups is 1. The molecule has 1 aromatic heterocycles. The van der Waals surface area contributed by atoms with E-state index in [2.05, 4.69) is 0 Å². The maximum absolute atomic E-state index is 13.3. The standard InChI is InChI=1S/C14H13FO4/c1-17-8-10-4-6-12(19-10)14(16)9-3-5-11(15)13(7-9)18-2/h3-7H,8H2,1-2H3. The van der Waals surface area contributed by atoms with Crippen LogP contribution in [0, 0.1) is 5.82 Å². The second-order valence-corrected chi connectivity index (χ2v) is 3.88. The first-order valence-corrected chi connectivity index (χ1v) is 5.61. The van der Waals surface area contributed by atoms with Gasteiger partial charge < -0.3 is 13.9 Å². The van der Waals surface area contributed by atoms with Crippen molar-refractivity contribution < 1.29 is 23.1 Å². The van der Waals surface area contributed by atoms with E-state index in [9.17, 15) is 9.18 Å². The van der Waals surface area contributed by atoms with Gasteiger partial charge in [-0.1, -0.05) is 0 Å². The van der Waals surface area contributed by atoms with E-state index >= 15 is 0 Å². The Bertz CT molecular complexity index is 589. The van der Waals surface area contributed by atoms with Crippen LogP contribution in [0.5, 0.6) is 5.75 Å². The van der Waals surface area contributed by atoms with Crippen LogP contribution in [0.1, 0.15) is 21.9 Å². The van der Waals surface area contributed by atoms with E-state index in [1.807, 2.05) is 0 Å². The number of carbonyl (C=O) groups excluding carboxylic acids is 1. The van der Waals surface area contributed by atoms with Gasteiger partial charge >= 0.3 is 0 Å². The van der Waals surface area contributed by atoms with Crippen molar-refractivity contribution in [1.29, 1.82) is 0 Å². The second kappa shape index (κ2) is 5.67. The first kappa shape index (κ1) is 13.3. The maximum Gasteiger partial charge on any atom is 0.228 e. The number of furan rings is 1. The van der Waals surface area contributed by atoms with Crippen molar-refractivity contribution in [2.75, 3.05) is 14.2 Å². The Hall–Kier alpha value is -2.14. The topological polar surface area (TPSA) is 48.7 Å². The van der Waals surface area contributed by atoms with Crippen LogP contribution in [0.25, 0.3) is 0 Å². The minimum atomic E-state index is -0.515. The van der Waals surface area contributed by atoms with Crippen LogP contribution in [0.2, 0.25) is 0 Å². The van der Waals surface area contributed by atoms with Gasteiger partial charge in [-0.2, -0.15) is 0 Å². The first-order chi connectivity index (χ1) is 9.15. The molecule has 1 aromatic carbocycles. The number of methoxy groups -OCH3 is 2. The molecule has 0 radical (unpaired) electrons. The molecule has 0 atom stereocenters. The maximum atomic E-state index is 13.3. The predicted octanol–water partition coefficient (Wildman–Crippen LogP) is 2.80. The summed E-state index contributed by atoms with van der Waals surface area (Å²) < 4.78 is 28.3. The Kier molecular flexibility index (Phi) is 3.97. The van der Waals surface area contributed by atoms with Crippen molar-refractivity contribution >= 4 is 5.78 Å². The zero-order valence-electron chi connectivity index (χ0n) is 10.6. The van der Waals surface area contributed by atoms with Crippen LogP contribution in [-0.2, 0) is 11.3 Å². The summed E-state index contributed by atoms with van der Waals surface area (Å²) in [5, 5.41) is 0. The molecule has 5 heteroatoms. The van der Waals surface area contributed by atoms with E-state index in [1.165, 1.54) is 32.4 Å². The minimum Gasteiger partial charge on any atom is -0.494 e. The van der Waals surface area contributed by atoms with Crippen LogP contribution >= 0.6 is 0 Å². The van der Waals surface area contributed by atoms with Gasteiger partial charge in [-0.3, -0.25) is 4.79 Å². The number of rotatable bonds is 5. The Morgan fingerprint density at radius 1 is 1.26 bits per heavy atom. The van der Waals surface area contributed by atoms with Gasteiger partial charge in [-0.15, -0.1) is 0 Å². The summed E-state index contributed by atoms with van der Waals surface area (Å²) in [6, 6.07) is 7.14. The molecule has 2 aromatic rings. The lowest BCUT2D eigenvalue weighted by Gasteiger charge is -2.03. The lowest BCUT2D eigenvalue weighted by molar-refractivity contribution is 0.0999. The third kappa shape index (κ3) is 2.82. The van der Waals surface area contributed by atoms with Crippen molar-refractivity contribution in [1.82, 2.24) is 0 Å². The molecule has 0 spiro atoms. The van der Waals surface area contributed by atoms with Gasteiger partial charge in [0.1, 0.15) is 12.4 Å². The molecule has 100 valence electrons. The highest BCUT2D eigenvalue weighted by atomic mass is 19.1. The summed E-state index contributed by atoms with van der Waals surface area (Å²) in [6.45, 7) is 0.292. The Morgan fingerprint density at radius 2 is 2.05 bits per heavy atom. The average molecular weight is 264 g/mol. The van der Waals surface area contributed by atoms with Crippen molar-refractivity contribution in [2.45, 2.75) is 6.61 Å². The summed E-state index contributed by atoms with van der Waals surface area (Å²) in [7, 11) is 2.88. The third-order valence-corrected chi connectivity index (χ3v) is 2.59. The molecule has 0 saturated heterocycles. The van der Waals surface area contributed by atoms with Crippen LogP contribution in [0.15, 0.2) is 34.7 Å². The van der Waals surface area contributed by atoms with Gasteiger partial charge in [0, 0.05) is 12.7 Å². The molecule has 0 aliphatic carbocycles. The van der Waals surface area contributed by atoms with Crippen molar-refractivity contribution in [3.63, 3.8) is 0 Å². The lowest BCUT2D eigenvalue weighted by atomic mass is 10.1. The normalized spacial score (nSPS) is 10.5. The molecule has 0 bridgehead atoms. The molecule has 1 heterocycles. The molecule has 0 amide bonds. The van der Waals surface area contributed by atoms with Crippen molar-refractivity contribution in [3.8, 4) is 5.75 Å². The molecule has 0 unspecified atom stereocenters. The monoisotopic (exact) mass is 264 g/mol. The number of ether oxygens (including phenoxy) is 2. The molecule has 19 heavy (non-hydrogen) atoms. The molecule has 0 saturated carbocycles. The zero-order valence-corrected chi connectivity index (χ0v) is 10.6. The lowest BCUT2D eigenvalue weighted by Crippen LogP contribution is -2.01. The molecule has 0 aliphatic heterocycles. The molecule has 4 nitrogen and oxygen atoms in total. The largest absolute Gasteiger partial charge is 0.494 e. The number of hydrogen-bond acceptors (Lipinski definition) is 4. The van der Waals surface area contributed by atoms with Crippen molar-refractivity contribution in [2.24, 2.45) is 0 Å². The number of halogens is 1. The van der Waals surface area contributed by atoms with Crippen LogP contribution in [0.3, 0.4) is 0 Å². The van der Waals surface area contributed by atoms with Gasteiger partial charge in [-0.05, 0) is 30.3 Å². The van der Waals surface area contributed by atoms with E-state index in [4.69, 9.17) is 13.9 Å². The van der Waals surface area contributed by atoms with E-state index in [1.54, 1.807) is 12.1 Å². The fourth-order valence-electron chi connectivity index (χ4n) is 1.66. The van der Waals surface area contributed by atoms with Crippen LogP contribution in [-0.4, -0.2) is 20.0 Å². The number of ketones is 1. The Balaban J connectivity index is 2.27. The minimum absolute atomic E-state index is 0.0227.